The normalized spacial score (nSPS) is 31.7. The minimum atomic E-state index is -0.743. The second-order valence-electron chi connectivity index (χ2n) is 4.55. The molecule has 2 aliphatic carbocycles. The molecule has 0 heterocycles. The highest BCUT2D eigenvalue weighted by Crippen LogP contribution is 2.61. The highest BCUT2D eigenvalue weighted by Gasteiger charge is 2.61. The molecule has 1 N–H and O–H groups in total. The predicted octanol–water partition coefficient (Wildman–Crippen LogP) is 2.11. The van der Waals surface area contributed by atoms with Gasteiger partial charge in [-0.25, -0.2) is 4.39 Å². The number of halogens is 1. The van der Waals surface area contributed by atoms with E-state index in [1.165, 1.54) is 12.1 Å². The number of benzene rings is 1. The van der Waals surface area contributed by atoms with Gasteiger partial charge in [0, 0.05) is 5.41 Å². The fraction of sp³-hybridized carbons (Fsp3) is 0.417. The van der Waals surface area contributed by atoms with Gasteiger partial charge in [-0.05, 0) is 42.5 Å². The molecule has 1 spiro atoms. The first-order valence-corrected chi connectivity index (χ1v) is 5.15. The summed E-state index contributed by atoms with van der Waals surface area (Å²) in [6, 6.07) is 4.76. The minimum Gasteiger partial charge on any atom is -0.481 e. The van der Waals surface area contributed by atoms with Gasteiger partial charge in [0.15, 0.2) is 0 Å². The molecule has 0 saturated heterocycles. The molecule has 1 saturated carbocycles. The number of fused-ring (bicyclic) bond motifs is 2. The molecule has 15 heavy (non-hydrogen) atoms. The molecule has 2 atom stereocenters. The van der Waals surface area contributed by atoms with Crippen LogP contribution in [0.1, 0.15) is 24.0 Å². The van der Waals surface area contributed by atoms with Crippen LogP contribution in [0.4, 0.5) is 4.39 Å². The molecule has 0 radical (unpaired) electrons. The van der Waals surface area contributed by atoms with Crippen molar-refractivity contribution in [2.24, 2.45) is 5.92 Å². The molecular formula is C12H11FO2. The lowest BCUT2D eigenvalue weighted by Gasteiger charge is -2.09. The van der Waals surface area contributed by atoms with Gasteiger partial charge in [-0.3, -0.25) is 4.79 Å². The molecule has 1 aromatic carbocycles. The van der Waals surface area contributed by atoms with Crippen molar-refractivity contribution in [2.45, 2.75) is 24.7 Å². The van der Waals surface area contributed by atoms with E-state index in [2.05, 4.69) is 0 Å². The van der Waals surface area contributed by atoms with Crippen molar-refractivity contribution in [1.29, 1.82) is 0 Å². The molecule has 3 heteroatoms. The van der Waals surface area contributed by atoms with E-state index in [-0.39, 0.29) is 17.2 Å². The van der Waals surface area contributed by atoms with Crippen molar-refractivity contribution in [3.8, 4) is 0 Å². The van der Waals surface area contributed by atoms with Gasteiger partial charge in [0.2, 0.25) is 0 Å². The highest BCUT2D eigenvalue weighted by atomic mass is 19.1. The van der Waals surface area contributed by atoms with Gasteiger partial charge in [0.25, 0.3) is 0 Å². The quantitative estimate of drug-likeness (QED) is 0.764. The first kappa shape index (κ1) is 8.89. The molecule has 2 aliphatic rings. The molecule has 0 aliphatic heterocycles. The molecule has 1 fully saturated rings. The average Bonchev–Trinajstić information content (AvgIpc) is 2.81. The van der Waals surface area contributed by atoms with E-state index >= 15 is 0 Å². The monoisotopic (exact) mass is 206 g/mol. The summed E-state index contributed by atoms with van der Waals surface area (Å²) in [4.78, 5) is 10.9. The molecule has 1 aromatic rings. The van der Waals surface area contributed by atoms with Crippen LogP contribution in [0.15, 0.2) is 18.2 Å². The Balaban J connectivity index is 2.06. The van der Waals surface area contributed by atoms with E-state index in [0.29, 0.717) is 6.42 Å². The third kappa shape index (κ3) is 1.06. The Kier molecular flexibility index (Phi) is 1.54. The van der Waals surface area contributed by atoms with Gasteiger partial charge in [-0.2, -0.15) is 0 Å². The summed E-state index contributed by atoms with van der Waals surface area (Å²) in [6.45, 7) is 0. The molecule has 0 bridgehead atoms. The van der Waals surface area contributed by atoms with E-state index in [0.717, 1.165) is 24.0 Å². The Hall–Kier alpha value is -1.38. The van der Waals surface area contributed by atoms with Crippen molar-refractivity contribution < 1.29 is 14.3 Å². The molecule has 3 rings (SSSR count). The van der Waals surface area contributed by atoms with Crippen LogP contribution in [0.3, 0.4) is 0 Å². The van der Waals surface area contributed by atoms with Gasteiger partial charge in [-0.15, -0.1) is 0 Å². The van der Waals surface area contributed by atoms with Crippen molar-refractivity contribution in [1.82, 2.24) is 0 Å². The summed E-state index contributed by atoms with van der Waals surface area (Å²) >= 11 is 0. The maximum atomic E-state index is 13.1. The summed E-state index contributed by atoms with van der Waals surface area (Å²) in [5, 5.41) is 8.98. The lowest BCUT2D eigenvalue weighted by Crippen LogP contribution is -2.11. The predicted molar refractivity (Wildman–Crippen MR) is 52.1 cm³/mol. The molecule has 2 nitrogen and oxygen atoms in total. The summed E-state index contributed by atoms with van der Waals surface area (Å²) in [5.41, 5.74) is 1.83. The van der Waals surface area contributed by atoms with Crippen molar-refractivity contribution >= 4 is 5.97 Å². The summed E-state index contributed by atoms with van der Waals surface area (Å²) in [5.74, 6) is -1.29. The largest absolute Gasteiger partial charge is 0.481 e. The van der Waals surface area contributed by atoms with Crippen LogP contribution in [0.2, 0.25) is 0 Å². The van der Waals surface area contributed by atoms with E-state index in [9.17, 15) is 9.18 Å². The minimum absolute atomic E-state index is 0.233. The van der Waals surface area contributed by atoms with Gasteiger partial charge in [-0.1, -0.05) is 6.07 Å². The summed E-state index contributed by atoms with van der Waals surface area (Å²) in [6.07, 6.45) is 2.43. The maximum absolute atomic E-state index is 13.1. The SMILES string of the molecule is O=C(O)C1CC12CCc1ccc(F)cc12. The smallest absolute Gasteiger partial charge is 0.307 e. The number of rotatable bonds is 1. The fourth-order valence-electron chi connectivity index (χ4n) is 2.93. The number of carboxylic acid groups (broad SMARTS) is 1. The number of carboxylic acids is 1. The first-order chi connectivity index (χ1) is 7.13. The third-order valence-corrected chi connectivity index (χ3v) is 3.82. The Bertz CT molecular complexity index is 455. The second-order valence-corrected chi connectivity index (χ2v) is 4.55. The average molecular weight is 206 g/mol. The molecule has 2 unspecified atom stereocenters. The number of hydrogen-bond donors (Lipinski definition) is 1. The Morgan fingerprint density at radius 1 is 1.53 bits per heavy atom. The van der Waals surface area contributed by atoms with Crippen molar-refractivity contribution in [3.05, 3.63) is 35.1 Å². The molecular weight excluding hydrogens is 195 g/mol. The van der Waals surface area contributed by atoms with Crippen LogP contribution in [-0.4, -0.2) is 11.1 Å². The number of aryl methyl sites for hydroxylation is 1. The summed E-state index contributed by atoms with van der Waals surface area (Å²) < 4.78 is 13.1. The van der Waals surface area contributed by atoms with Gasteiger partial charge in [0.05, 0.1) is 5.92 Å². The van der Waals surface area contributed by atoms with Crippen LogP contribution >= 0.6 is 0 Å². The van der Waals surface area contributed by atoms with E-state index < -0.39 is 5.97 Å². The Morgan fingerprint density at radius 3 is 3.00 bits per heavy atom. The van der Waals surface area contributed by atoms with Gasteiger partial charge >= 0.3 is 5.97 Å². The zero-order valence-electron chi connectivity index (χ0n) is 8.16. The second kappa shape index (κ2) is 2.60. The van der Waals surface area contributed by atoms with E-state index in [4.69, 9.17) is 5.11 Å². The molecule has 0 amide bonds. The number of aliphatic carboxylic acids is 1. The fourth-order valence-corrected chi connectivity index (χ4v) is 2.93. The topological polar surface area (TPSA) is 37.3 Å². The zero-order valence-corrected chi connectivity index (χ0v) is 8.16. The van der Waals surface area contributed by atoms with Crippen LogP contribution in [0, 0.1) is 11.7 Å². The highest BCUT2D eigenvalue weighted by molar-refractivity contribution is 5.78. The van der Waals surface area contributed by atoms with Crippen LogP contribution in [0.5, 0.6) is 0 Å². The Morgan fingerprint density at radius 2 is 2.33 bits per heavy atom. The van der Waals surface area contributed by atoms with Crippen molar-refractivity contribution in [3.63, 3.8) is 0 Å². The lowest BCUT2D eigenvalue weighted by molar-refractivity contribution is -0.139. The molecule has 78 valence electrons. The zero-order chi connectivity index (χ0) is 10.6. The van der Waals surface area contributed by atoms with E-state index in [1.54, 1.807) is 6.07 Å². The van der Waals surface area contributed by atoms with Crippen molar-refractivity contribution in [2.75, 3.05) is 0 Å². The standard InChI is InChI=1S/C12H11FO2/c13-8-2-1-7-3-4-12(9(7)5-8)6-10(12)11(14)15/h1-2,5,10H,3-4,6H2,(H,14,15). The Labute approximate surface area is 86.7 Å². The first-order valence-electron chi connectivity index (χ1n) is 5.15. The van der Waals surface area contributed by atoms with Gasteiger partial charge in [0.1, 0.15) is 5.82 Å². The third-order valence-electron chi connectivity index (χ3n) is 3.82. The maximum Gasteiger partial charge on any atom is 0.307 e. The summed E-state index contributed by atoms with van der Waals surface area (Å²) in [7, 11) is 0. The van der Waals surface area contributed by atoms with Crippen LogP contribution in [-0.2, 0) is 16.6 Å². The molecule has 0 aromatic heterocycles. The lowest BCUT2D eigenvalue weighted by atomic mass is 9.95. The van der Waals surface area contributed by atoms with Crippen LogP contribution < -0.4 is 0 Å². The number of hydrogen-bond acceptors (Lipinski definition) is 1. The van der Waals surface area contributed by atoms with Crippen LogP contribution in [0.25, 0.3) is 0 Å². The van der Waals surface area contributed by atoms with Gasteiger partial charge < -0.3 is 5.11 Å². The van der Waals surface area contributed by atoms with E-state index in [1.807, 2.05) is 0 Å². The number of carbonyl (C=O) groups is 1.